The zero-order valence-electron chi connectivity index (χ0n) is 9.73. The molecule has 1 saturated heterocycles. The molecule has 1 heterocycles. The van der Waals surface area contributed by atoms with Crippen LogP contribution in [0.3, 0.4) is 0 Å². The maximum atomic E-state index is 11.8. The van der Waals surface area contributed by atoms with Gasteiger partial charge in [-0.25, -0.2) is 4.72 Å². The van der Waals surface area contributed by atoms with E-state index in [0.29, 0.717) is 19.6 Å². The Morgan fingerprint density at radius 1 is 1.50 bits per heavy atom. The lowest BCUT2D eigenvalue weighted by Gasteiger charge is -2.34. The molecule has 1 fully saturated rings. The van der Waals surface area contributed by atoms with Gasteiger partial charge in [0.05, 0.1) is 0 Å². The van der Waals surface area contributed by atoms with E-state index in [-0.39, 0.29) is 5.91 Å². The van der Waals surface area contributed by atoms with E-state index in [1.165, 1.54) is 16.3 Å². The van der Waals surface area contributed by atoms with Crippen LogP contribution in [0.15, 0.2) is 0 Å². The van der Waals surface area contributed by atoms with Crippen molar-refractivity contribution in [2.75, 3.05) is 40.8 Å². The van der Waals surface area contributed by atoms with Crippen molar-refractivity contribution in [1.82, 2.24) is 19.2 Å². The van der Waals surface area contributed by atoms with Crippen LogP contribution in [0, 0.1) is 0 Å². The molecule has 0 radical (unpaired) electrons. The number of hydrogen-bond acceptors (Lipinski definition) is 4. The minimum Gasteiger partial charge on any atom is -0.347 e. The van der Waals surface area contributed by atoms with E-state index < -0.39 is 16.3 Å². The smallest absolute Gasteiger partial charge is 0.280 e. The third-order valence-electron chi connectivity index (χ3n) is 2.49. The molecule has 8 heteroatoms. The third-order valence-corrected chi connectivity index (χ3v) is 4.06. The lowest BCUT2D eigenvalue weighted by molar-refractivity contribution is -0.133. The molecule has 1 atom stereocenters. The number of nitrogens with one attached hydrogen (secondary N) is 2. The average molecular weight is 250 g/mol. The van der Waals surface area contributed by atoms with E-state index in [9.17, 15) is 13.2 Å². The molecule has 0 spiro atoms. The van der Waals surface area contributed by atoms with Gasteiger partial charge in [0, 0.05) is 40.8 Å². The van der Waals surface area contributed by atoms with Crippen LogP contribution in [0.1, 0.15) is 0 Å². The molecule has 16 heavy (non-hydrogen) atoms. The molecule has 0 aromatic rings. The molecule has 94 valence electrons. The van der Waals surface area contributed by atoms with E-state index >= 15 is 0 Å². The Morgan fingerprint density at radius 2 is 2.12 bits per heavy atom. The SMILES string of the molecule is CNS(=O)(=O)N1CCNCC1C(=O)N(C)C. The molecule has 1 aliphatic heterocycles. The summed E-state index contributed by atoms with van der Waals surface area (Å²) < 4.78 is 26.9. The first-order valence-electron chi connectivity index (χ1n) is 5.02. The fraction of sp³-hybridized carbons (Fsp3) is 0.875. The predicted octanol–water partition coefficient (Wildman–Crippen LogP) is -2.19. The van der Waals surface area contributed by atoms with Crippen LogP contribution in [0.5, 0.6) is 0 Å². The van der Waals surface area contributed by atoms with Crippen LogP contribution < -0.4 is 10.0 Å². The molecule has 0 aliphatic carbocycles. The second-order valence-electron chi connectivity index (χ2n) is 3.77. The van der Waals surface area contributed by atoms with Gasteiger partial charge in [0.1, 0.15) is 6.04 Å². The second kappa shape index (κ2) is 5.09. The first-order valence-corrected chi connectivity index (χ1v) is 6.46. The van der Waals surface area contributed by atoms with Gasteiger partial charge >= 0.3 is 0 Å². The highest BCUT2D eigenvalue weighted by Gasteiger charge is 2.36. The number of nitrogens with zero attached hydrogens (tertiary/aromatic N) is 2. The summed E-state index contributed by atoms with van der Waals surface area (Å²) in [6.07, 6.45) is 0. The number of hydrogen-bond donors (Lipinski definition) is 2. The zero-order chi connectivity index (χ0) is 12.3. The first-order chi connectivity index (χ1) is 7.40. The summed E-state index contributed by atoms with van der Waals surface area (Å²) in [6, 6.07) is -0.666. The molecule has 0 aromatic carbocycles. The van der Waals surface area contributed by atoms with Crippen molar-refractivity contribution in [3.05, 3.63) is 0 Å². The Kier molecular flexibility index (Phi) is 4.25. The van der Waals surface area contributed by atoms with E-state index in [4.69, 9.17) is 0 Å². The predicted molar refractivity (Wildman–Crippen MR) is 60.0 cm³/mol. The van der Waals surface area contributed by atoms with E-state index in [1.54, 1.807) is 14.1 Å². The summed E-state index contributed by atoms with van der Waals surface area (Å²) in [7, 11) is 1.01. The van der Waals surface area contributed by atoms with Crippen LogP contribution in [0.25, 0.3) is 0 Å². The van der Waals surface area contributed by atoms with Crippen molar-refractivity contribution >= 4 is 16.1 Å². The second-order valence-corrected chi connectivity index (χ2v) is 5.60. The zero-order valence-corrected chi connectivity index (χ0v) is 10.5. The fourth-order valence-corrected chi connectivity index (χ4v) is 2.67. The summed E-state index contributed by atoms with van der Waals surface area (Å²) >= 11 is 0. The number of likely N-dealkylation sites (N-methyl/N-ethyl adjacent to an activating group) is 1. The molecule has 1 amide bonds. The largest absolute Gasteiger partial charge is 0.347 e. The van der Waals surface area contributed by atoms with Crippen LogP contribution in [0.4, 0.5) is 0 Å². The molecule has 7 nitrogen and oxygen atoms in total. The maximum absolute atomic E-state index is 11.8. The van der Waals surface area contributed by atoms with Crippen LogP contribution in [-0.4, -0.2) is 70.3 Å². The van der Waals surface area contributed by atoms with Gasteiger partial charge in [-0.15, -0.1) is 0 Å². The number of carbonyl (C=O) groups excluding carboxylic acids is 1. The topological polar surface area (TPSA) is 81.8 Å². The highest BCUT2D eigenvalue weighted by atomic mass is 32.2. The summed E-state index contributed by atoms with van der Waals surface area (Å²) in [4.78, 5) is 13.2. The summed E-state index contributed by atoms with van der Waals surface area (Å²) in [5, 5.41) is 3.02. The van der Waals surface area contributed by atoms with Gasteiger partial charge < -0.3 is 10.2 Å². The van der Waals surface area contributed by atoms with Crippen molar-refractivity contribution in [2.24, 2.45) is 0 Å². The van der Waals surface area contributed by atoms with Gasteiger partial charge in [-0.1, -0.05) is 0 Å². The van der Waals surface area contributed by atoms with Crippen LogP contribution >= 0.6 is 0 Å². The summed E-state index contributed by atoms with van der Waals surface area (Å²) in [5.74, 6) is -0.217. The van der Waals surface area contributed by atoms with Crippen molar-refractivity contribution in [3.63, 3.8) is 0 Å². The molecule has 1 aliphatic rings. The normalized spacial score (nSPS) is 23.1. The number of amides is 1. The molecule has 1 unspecified atom stereocenters. The Bertz CT molecular complexity index is 354. The monoisotopic (exact) mass is 250 g/mol. The summed E-state index contributed by atoms with van der Waals surface area (Å²) in [5.41, 5.74) is 0. The highest BCUT2D eigenvalue weighted by molar-refractivity contribution is 7.87. The number of carbonyl (C=O) groups is 1. The average Bonchev–Trinajstić information content (AvgIpc) is 2.28. The third kappa shape index (κ3) is 2.70. The molecule has 0 saturated carbocycles. The van der Waals surface area contributed by atoms with Gasteiger partial charge in [-0.05, 0) is 0 Å². The van der Waals surface area contributed by atoms with Crippen molar-refractivity contribution in [1.29, 1.82) is 0 Å². The summed E-state index contributed by atoms with van der Waals surface area (Å²) in [6.45, 7) is 1.20. The van der Waals surface area contributed by atoms with Crippen LogP contribution in [-0.2, 0) is 15.0 Å². The van der Waals surface area contributed by atoms with Crippen molar-refractivity contribution < 1.29 is 13.2 Å². The Hall–Kier alpha value is -0.700. The molecule has 0 aromatic heterocycles. The maximum Gasteiger partial charge on any atom is 0.280 e. The molecule has 2 N–H and O–H groups in total. The van der Waals surface area contributed by atoms with E-state index in [1.807, 2.05) is 0 Å². The van der Waals surface area contributed by atoms with E-state index in [2.05, 4.69) is 10.0 Å². The molecule has 0 bridgehead atoms. The first kappa shape index (κ1) is 13.4. The number of piperazine rings is 1. The van der Waals surface area contributed by atoms with Crippen molar-refractivity contribution in [2.45, 2.75) is 6.04 Å². The highest BCUT2D eigenvalue weighted by Crippen LogP contribution is 2.09. The lowest BCUT2D eigenvalue weighted by atomic mass is 10.2. The molecular weight excluding hydrogens is 232 g/mol. The van der Waals surface area contributed by atoms with Crippen LogP contribution in [0.2, 0.25) is 0 Å². The number of rotatable bonds is 3. The van der Waals surface area contributed by atoms with Gasteiger partial charge in [0.25, 0.3) is 10.2 Å². The van der Waals surface area contributed by atoms with E-state index in [0.717, 1.165) is 0 Å². The minimum absolute atomic E-state index is 0.217. The minimum atomic E-state index is -3.55. The van der Waals surface area contributed by atoms with Crippen molar-refractivity contribution in [3.8, 4) is 0 Å². The molecular formula is C8H18N4O3S. The van der Waals surface area contributed by atoms with Gasteiger partial charge in [0.15, 0.2) is 0 Å². The Morgan fingerprint density at radius 3 is 2.62 bits per heavy atom. The van der Waals surface area contributed by atoms with Gasteiger partial charge in [0.2, 0.25) is 5.91 Å². The van der Waals surface area contributed by atoms with Gasteiger partial charge in [-0.3, -0.25) is 4.79 Å². The Labute approximate surface area is 96.0 Å². The fourth-order valence-electron chi connectivity index (χ4n) is 1.60. The Balaban J connectivity index is 2.92. The molecule has 1 rings (SSSR count). The standard InChI is InChI=1S/C8H18N4O3S/c1-9-16(14,15)12-5-4-10-6-7(12)8(13)11(2)3/h7,9-10H,4-6H2,1-3H3. The quantitative estimate of drug-likeness (QED) is 0.596. The lowest BCUT2D eigenvalue weighted by Crippen LogP contribution is -2.60. The van der Waals surface area contributed by atoms with Gasteiger partial charge in [-0.2, -0.15) is 12.7 Å².